The number of ketones is 1. The van der Waals surface area contributed by atoms with E-state index >= 15 is 0 Å². The number of aromatic amines is 1. The number of benzene rings is 2. The first kappa shape index (κ1) is 16.0. The molecule has 3 aromatic rings. The first-order valence-corrected chi connectivity index (χ1v) is 7.29. The maximum atomic E-state index is 14.3. The van der Waals surface area contributed by atoms with Gasteiger partial charge in [0.05, 0.1) is 5.56 Å². The van der Waals surface area contributed by atoms with Gasteiger partial charge in [0.1, 0.15) is 11.6 Å². The number of aromatic nitrogens is 1. The number of carbonyl (C=O) groups is 1. The van der Waals surface area contributed by atoms with E-state index in [2.05, 4.69) is 4.98 Å². The van der Waals surface area contributed by atoms with Gasteiger partial charge in [-0.2, -0.15) is 0 Å². The van der Waals surface area contributed by atoms with Crippen LogP contribution in [-0.4, -0.2) is 10.8 Å². The van der Waals surface area contributed by atoms with E-state index in [0.717, 1.165) is 12.1 Å². The van der Waals surface area contributed by atoms with Crippen LogP contribution in [0.1, 0.15) is 34.5 Å². The van der Waals surface area contributed by atoms with E-state index in [1.807, 2.05) is 0 Å². The van der Waals surface area contributed by atoms with Crippen LogP contribution in [0.25, 0.3) is 10.8 Å². The summed E-state index contributed by atoms with van der Waals surface area (Å²) in [7, 11) is 0. The summed E-state index contributed by atoms with van der Waals surface area (Å²) in [6.07, 6.45) is 1.38. The Morgan fingerprint density at radius 3 is 2.42 bits per heavy atom. The number of carbonyl (C=O) groups excluding carboxylic acids is 1. The molecule has 1 heterocycles. The first-order valence-electron chi connectivity index (χ1n) is 7.29. The zero-order valence-electron chi connectivity index (χ0n) is 12.8. The van der Waals surface area contributed by atoms with Gasteiger partial charge in [-0.05, 0) is 42.1 Å². The molecule has 0 radical (unpaired) electrons. The molecule has 0 spiro atoms. The van der Waals surface area contributed by atoms with Crippen molar-refractivity contribution in [2.24, 2.45) is 5.73 Å². The summed E-state index contributed by atoms with van der Waals surface area (Å²) < 4.78 is 28.6. The number of nitrogens with one attached hydrogen (secondary N) is 1. The van der Waals surface area contributed by atoms with Crippen LogP contribution >= 0.6 is 0 Å². The molecule has 122 valence electrons. The lowest BCUT2D eigenvalue weighted by atomic mass is 9.95. The van der Waals surface area contributed by atoms with E-state index in [9.17, 15) is 18.4 Å². The zero-order chi connectivity index (χ0) is 17.4. The predicted molar refractivity (Wildman–Crippen MR) is 87.0 cm³/mol. The van der Waals surface area contributed by atoms with Crippen LogP contribution in [0.15, 0.2) is 47.4 Å². The fourth-order valence-electron chi connectivity index (χ4n) is 2.63. The summed E-state index contributed by atoms with van der Waals surface area (Å²) in [6.45, 7) is 1.59. The van der Waals surface area contributed by atoms with E-state index in [1.165, 1.54) is 30.5 Å². The standard InChI is InChI=1S/C18H14F2N2O2/c1-9(21)10-7-14(19)16(15(20)8-10)17(23)12-3-2-4-13-11(12)5-6-22-18(13)24/h2-9H,21H2,1H3,(H,22,24). The second kappa shape index (κ2) is 5.98. The Morgan fingerprint density at radius 1 is 1.12 bits per heavy atom. The molecule has 24 heavy (non-hydrogen) atoms. The van der Waals surface area contributed by atoms with Crippen molar-refractivity contribution in [1.82, 2.24) is 4.98 Å². The molecule has 4 nitrogen and oxygen atoms in total. The third-order valence-corrected chi connectivity index (χ3v) is 3.88. The molecule has 3 rings (SSSR count). The summed E-state index contributed by atoms with van der Waals surface area (Å²) in [5.41, 5.74) is 4.90. The van der Waals surface area contributed by atoms with Crippen molar-refractivity contribution in [3.05, 3.63) is 81.3 Å². The Kier molecular flexibility index (Phi) is 3.99. The van der Waals surface area contributed by atoms with Gasteiger partial charge in [-0.1, -0.05) is 12.1 Å². The summed E-state index contributed by atoms with van der Waals surface area (Å²) in [4.78, 5) is 27.0. The number of hydrogen-bond donors (Lipinski definition) is 2. The Labute approximate surface area is 135 Å². The van der Waals surface area contributed by atoms with E-state index in [0.29, 0.717) is 5.39 Å². The average molecular weight is 328 g/mol. The molecular weight excluding hydrogens is 314 g/mol. The van der Waals surface area contributed by atoms with Crippen molar-refractivity contribution in [3.8, 4) is 0 Å². The lowest BCUT2D eigenvalue weighted by Gasteiger charge is -2.11. The molecule has 1 aromatic heterocycles. The molecule has 0 bridgehead atoms. The second-order valence-electron chi connectivity index (χ2n) is 5.55. The van der Waals surface area contributed by atoms with Gasteiger partial charge in [0.25, 0.3) is 5.56 Å². The molecule has 3 N–H and O–H groups in total. The Hall–Kier alpha value is -2.86. The van der Waals surface area contributed by atoms with E-state index in [-0.39, 0.29) is 22.1 Å². The maximum absolute atomic E-state index is 14.3. The van der Waals surface area contributed by atoms with Crippen LogP contribution in [0.4, 0.5) is 8.78 Å². The van der Waals surface area contributed by atoms with E-state index in [4.69, 9.17) is 5.73 Å². The molecule has 6 heteroatoms. The van der Waals surface area contributed by atoms with Gasteiger partial charge in [0.15, 0.2) is 5.78 Å². The molecule has 1 atom stereocenters. The van der Waals surface area contributed by atoms with Crippen LogP contribution in [0.3, 0.4) is 0 Å². The van der Waals surface area contributed by atoms with Gasteiger partial charge >= 0.3 is 0 Å². The molecule has 2 aromatic carbocycles. The summed E-state index contributed by atoms with van der Waals surface area (Å²) >= 11 is 0. The molecule has 0 saturated carbocycles. The van der Waals surface area contributed by atoms with E-state index in [1.54, 1.807) is 6.92 Å². The molecule has 0 saturated heterocycles. The third-order valence-electron chi connectivity index (χ3n) is 3.88. The van der Waals surface area contributed by atoms with Gasteiger partial charge in [0.2, 0.25) is 0 Å². The molecule has 0 aliphatic carbocycles. The van der Waals surface area contributed by atoms with Crippen molar-refractivity contribution in [3.63, 3.8) is 0 Å². The van der Waals surface area contributed by atoms with E-state index < -0.39 is 29.0 Å². The van der Waals surface area contributed by atoms with Gasteiger partial charge < -0.3 is 10.7 Å². The Morgan fingerprint density at radius 2 is 1.79 bits per heavy atom. The van der Waals surface area contributed by atoms with Gasteiger partial charge in [-0.3, -0.25) is 9.59 Å². The molecule has 0 fully saturated rings. The van der Waals surface area contributed by atoms with Crippen molar-refractivity contribution in [2.45, 2.75) is 13.0 Å². The lowest BCUT2D eigenvalue weighted by Crippen LogP contribution is -2.13. The van der Waals surface area contributed by atoms with Crippen molar-refractivity contribution in [2.75, 3.05) is 0 Å². The molecule has 0 aliphatic rings. The second-order valence-corrected chi connectivity index (χ2v) is 5.55. The van der Waals surface area contributed by atoms with Crippen LogP contribution in [-0.2, 0) is 0 Å². The SMILES string of the molecule is CC(N)c1cc(F)c(C(=O)c2cccc3c(=O)[nH]ccc23)c(F)c1. The minimum Gasteiger partial charge on any atom is -0.329 e. The number of nitrogens with two attached hydrogens (primary N) is 1. The van der Waals surface area contributed by atoms with Gasteiger partial charge in [-0.15, -0.1) is 0 Å². The fraction of sp³-hybridized carbons (Fsp3) is 0.111. The number of halogens is 2. The minimum atomic E-state index is -0.978. The number of H-pyrrole nitrogens is 1. The highest BCUT2D eigenvalue weighted by molar-refractivity contribution is 6.16. The fourth-order valence-corrected chi connectivity index (χ4v) is 2.63. The molecule has 0 aliphatic heterocycles. The Balaban J connectivity index is 2.21. The number of rotatable bonds is 3. The number of fused-ring (bicyclic) bond motifs is 1. The average Bonchev–Trinajstić information content (AvgIpc) is 2.54. The monoisotopic (exact) mass is 328 g/mol. The molecular formula is C18H14F2N2O2. The van der Waals surface area contributed by atoms with Gasteiger partial charge in [-0.25, -0.2) is 8.78 Å². The topological polar surface area (TPSA) is 76.0 Å². The molecule has 1 unspecified atom stereocenters. The summed E-state index contributed by atoms with van der Waals surface area (Å²) in [6, 6.07) is 7.54. The van der Waals surface area contributed by atoms with Crippen LogP contribution < -0.4 is 11.3 Å². The van der Waals surface area contributed by atoms with Crippen LogP contribution in [0.5, 0.6) is 0 Å². The van der Waals surface area contributed by atoms with Crippen LogP contribution in [0.2, 0.25) is 0 Å². The molecule has 0 amide bonds. The smallest absolute Gasteiger partial charge is 0.255 e. The highest BCUT2D eigenvalue weighted by atomic mass is 19.1. The van der Waals surface area contributed by atoms with Crippen molar-refractivity contribution < 1.29 is 13.6 Å². The highest BCUT2D eigenvalue weighted by Gasteiger charge is 2.22. The van der Waals surface area contributed by atoms with Gasteiger partial charge in [0, 0.05) is 23.2 Å². The normalized spacial score (nSPS) is 12.3. The van der Waals surface area contributed by atoms with Crippen molar-refractivity contribution >= 4 is 16.6 Å². The Bertz CT molecular complexity index is 986. The zero-order valence-corrected chi connectivity index (χ0v) is 12.8. The van der Waals surface area contributed by atoms with Crippen LogP contribution in [0, 0.1) is 11.6 Å². The predicted octanol–water partition coefficient (Wildman–Crippen LogP) is 3.06. The quantitative estimate of drug-likeness (QED) is 0.726. The lowest BCUT2D eigenvalue weighted by molar-refractivity contribution is 0.103. The summed E-state index contributed by atoms with van der Waals surface area (Å²) in [5, 5.41) is 0.609. The van der Waals surface area contributed by atoms with Crippen molar-refractivity contribution in [1.29, 1.82) is 0 Å². The largest absolute Gasteiger partial charge is 0.329 e. The first-order chi connectivity index (χ1) is 11.4. The number of pyridine rings is 1. The highest BCUT2D eigenvalue weighted by Crippen LogP contribution is 2.24. The maximum Gasteiger partial charge on any atom is 0.255 e. The summed E-state index contributed by atoms with van der Waals surface area (Å²) in [5.74, 6) is -2.78. The minimum absolute atomic E-state index is 0.0601. The third kappa shape index (κ3) is 2.61. The number of hydrogen-bond acceptors (Lipinski definition) is 3.